The van der Waals surface area contributed by atoms with Crippen molar-refractivity contribution in [2.75, 3.05) is 18.4 Å². The number of carbonyl (C=O) groups excluding carboxylic acids is 1. The Kier molecular flexibility index (Phi) is 6.24. The lowest BCUT2D eigenvalue weighted by molar-refractivity contribution is -0.130. The van der Waals surface area contributed by atoms with Crippen molar-refractivity contribution in [2.45, 2.75) is 6.92 Å². The number of hydrogen-bond donors (Lipinski definition) is 1. The van der Waals surface area contributed by atoms with Crippen LogP contribution < -0.4 is 10.1 Å². The standard InChI is InChI=1S/C30H27N7O2/c1-4-28(38)37-15-20(16-37)5-6-21-7-10-24-29(34-21)30(32-17-31-24)35-22-8-12-27(19(2)13-22)39-23-9-11-26-25(14-23)33-18-36(26)3/h4-14,17-18,20H,1,15-16H2,2-3H3,(H,31,32,35)/b6-5+. The molecule has 0 unspecified atom stereocenters. The van der Waals surface area contributed by atoms with Crippen molar-refractivity contribution in [2.24, 2.45) is 13.0 Å². The summed E-state index contributed by atoms with van der Waals surface area (Å²) in [6, 6.07) is 15.7. The van der Waals surface area contributed by atoms with E-state index >= 15 is 0 Å². The Morgan fingerprint density at radius 1 is 1.08 bits per heavy atom. The third-order valence-corrected chi connectivity index (χ3v) is 6.80. The number of fused-ring (bicyclic) bond motifs is 2. The molecule has 0 aliphatic carbocycles. The first kappa shape index (κ1) is 24.3. The molecular formula is C30H27N7O2. The van der Waals surface area contributed by atoms with Crippen molar-refractivity contribution >= 4 is 45.6 Å². The molecule has 1 aliphatic rings. The predicted molar refractivity (Wildman–Crippen MR) is 152 cm³/mol. The van der Waals surface area contributed by atoms with Crippen LogP contribution in [-0.2, 0) is 11.8 Å². The Bertz CT molecular complexity index is 1750. The van der Waals surface area contributed by atoms with E-state index in [1.54, 1.807) is 11.2 Å². The van der Waals surface area contributed by atoms with Gasteiger partial charge in [0.05, 0.1) is 28.6 Å². The highest BCUT2D eigenvalue weighted by atomic mass is 16.5. The maximum atomic E-state index is 11.7. The number of aromatic nitrogens is 5. The van der Waals surface area contributed by atoms with Gasteiger partial charge in [-0.1, -0.05) is 12.7 Å². The number of pyridine rings is 1. The Morgan fingerprint density at radius 3 is 2.77 bits per heavy atom. The molecule has 1 amide bonds. The van der Waals surface area contributed by atoms with Crippen LogP contribution in [0.5, 0.6) is 11.5 Å². The number of nitrogens with zero attached hydrogens (tertiary/aromatic N) is 6. The molecule has 2 aromatic carbocycles. The van der Waals surface area contributed by atoms with Gasteiger partial charge in [-0.2, -0.15) is 0 Å². The first-order chi connectivity index (χ1) is 19.0. The van der Waals surface area contributed by atoms with Crippen LogP contribution >= 0.6 is 0 Å². The van der Waals surface area contributed by atoms with Gasteiger partial charge in [0.25, 0.3) is 0 Å². The number of carbonyl (C=O) groups is 1. The molecule has 9 heteroatoms. The molecule has 1 fully saturated rings. The minimum absolute atomic E-state index is 0.0304. The number of imidazole rings is 1. The highest BCUT2D eigenvalue weighted by Crippen LogP contribution is 2.31. The van der Waals surface area contributed by atoms with Crippen molar-refractivity contribution in [3.8, 4) is 11.5 Å². The molecule has 1 N–H and O–H groups in total. The summed E-state index contributed by atoms with van der Waals surface area (Å²) in [5.74, 6) is 2.40. The summed E-state index contributed by atoms with van der Waals surface area (Å²) in [4.78, 5) is 31.4. The Balaban J connectivity index is 1.18. The van der Waals surface area contributed by atoms with E-state index in [1.807, 2.05) is 73.1 Å². The van der Waals surface area contributed by atoms with Crippen LogP contribution in [0.2, 0.25) is 0 Å². The van der Waals surface area contributed by atoms with Crippen LogP contribution in [0.15, 0.2) is 79.9 Å². The number of amides is 1. The number of aryl methyl sites for hydroxylation is 2. The van der Waals surface area contributed by atoms with Crippen LogP contribution in [0.3, 0.4) is 0 Å². The fourth-order valence-corrected chi connectivity index (χ4v) is 4.60. The number of likely N-dealkylation sites (tertiary alicyclic amines) is 1. The van der Waals surface area contributed by atoms with E-state index in [0.29, 0.717) is 30.3 Å². The minimum atomic E-state index is -0.0304. The third-order valence-electron chi connectivity index (χ3n) is 6.80. The van der Waals surface area contributed by atoms with Crippen molar-refractivity contribution in [1.29, 1.82) is 0 Å². The van der Waals surface area contributed by atoms with Gasteiger partial charge in [-0.15, -0.1) is 0 Å². The molecule has 1 saturated heterocycles. The predicted octanol–water partition coefficient (Wildman–Crippen LogP) is 5.41. The zero-order valence-electron chi connectivity index (χ0n) is 21.7. The Morgan fingerprint density at radius 2 is 1.95 bits per heavy atom. The average Bonchev–Trinajstić information content (AvgIpc) is 3.29. The zero-order chi connectivity index (χ0) is 26.9. The molecule has 3 aromatic heterocycles. The van der Waals surface area contributed by atoms with E-state index in [-0.39, 0.29) is 5.91 Å². The van der Waals surface area contributed by atoms with E-state index in [4.69, 9.17) is 9.72 Å². The smallest absolute Gasteiger partial charge is 0.245 e. The fourth-order valence-electron chi connectivity index (χ4n) is 4.60. The monoisotopic (exact) mass is 517 g/mol. The summed E-state index contributed by atoms with van der Waals surface area (Å²) < 4.78 is 8.13. The van der Waals surface area contributed by atoms with Crippen LogP contribution in [0, 0.1) is 12.8 Å². The van der Waals surface area contributed by atoms with Crippen molar-refractivity contribution in [3.05, 3.63) is 91.2 Å². The normalized spacial score (nSPS) is 13.6. The summed E-state index contributed by atoms with van der Waals surface area (Å²) in [5.41, 5.74) is 6.01. The molecule has 6 rings (SSSR count). The fraction of sp³-hybridized carbons (Fsp3) is 0.167. The molecule has 4 heterocycles. The summed E-state index contributed by atoms with van der Waals surface area (Å²) in [7, 11) is 1.97. The Labute approximate surface area is 225 Å². The van der Waals surface area contributed by atoms with Gasteiger partial charge in [0.1, 0.15) is 23.3 Å². The summed E-state index contributed by atoms with van der Waals surface area (Å²) >= 11 is 0. The van der Waals surface area contributed by atoms with Gasteiger partial charge in [-0.25, -0.2) is 19.9 Å². The molecule has 5 aromatic rings. The lowest BCUT2D eigenvalue weighted by Gasteiger charge is -2.36. The van der Waals surface area contributed by atoms with Gasteiger partial charge < -0.3 is 19.5 Å². The minimum Gasteiger partial charge on any atom is -0.457 e. The second-order valence-corrected chi connectivity index (χ2v) is 9.61. The van der Waals surface area contributed by atoms with E-state index in [2.05, 4.69) is 32.9 Å². The van der Waals surface area contributed by atoms with Crippen molar-refractivity contribution in [1.82, 2.24) is 29.4 Å². The largest absolute Gasteiger partial charge is 0.457 e. The van der Waals surface area contributed by atoms with Gasteiger partial charge in [-0.05, 0) is 67.1 Å². The molecular weight excluding hydrogens is 490 g/mol. The molecule has 9 nitrogen and oxygen atoms in total. The number of benzene rings is 2. The second kappa shape index (κ2) is 10.0. The maximum absolute atomic E-state index is 11.7. The van der Waals surface area contributed by atoms with Crippen LogP contribution in [0.1, 0.15) is 11.3 Å². The number of rotatable bonds is 7. The van der Waals surface area contributed by atoms with E-state index in [0.717, 1.165) is 45.0 Å². The lowest BCUT2D eigenvalue weighted by atomic mass is 9.99. The maximum Gasteiger partial charge on any atom is 0.245 e. The van der Waals surface area contributed by atoms with Gasteiger partial charge >= 0.3 is 0 Å². The van der Waals surface area contributed by atoms with Crippen molar-refractivity contribution < 1.29 is 9.53 Å². The summed E-state index contributed by atoms with van der Waals surface area (Å²) in [5, 5.41) is 3.39. The summed E-state index contributed by atoms with van der Waals surface area (Å²) in [6.07, 6.45) is 8.74. The van der Waals surface area contributed by atoms with Crippen LogP contribution in [-0.4, -0.2) is 48.4 Å². The zero-order valence-corrected chi connectivity index (χ0v) is 21.7. The number of nitrogens with one attached hydrogen (secondary N) is 1. The second-order valence-electron chi connectivity index (χ2n) is 9.61. The highest BCUT2D eigenvalue weighted by molar-refractivity contribution is 5.88. The summed E-state index contributed by atoms with van der Waals surface area (Å²) in [6.45, 7) is 6.93. The molecule has 0 radical (unpaired) electrons. The number of anilines is 2. The molecule has 0 saturated carbocycles. The Hall–Kier alpha value is -5.05. The molecule has 0 spiro atoms. The number of ether oxygens (including phenoxy) is 1. The molecule has 1 aliphatic heterocycles. The molecule has 194 valence electrons. The first-order valence-electron chi connectivity index (χ1n) is 12.6. The quantitative estimate of drug-likeness (QED) is 0.288. The van der Waals surface area contributed by atoms with Gasteiger partial charge in [0.2, 0.25) is 5.91 Å². The number of hydrogen-bond acceptors (Lipinski definition) is 7. The van der Waals surface area contributed by atoms with Gasteiger partial charge in [0.15, 0.2) is 5.82 Å². The molecule has 39 heavy (non-hydrogen) atoms. The SMILES string of the molecule is C=CC(=O)N1CC(/C=C/c2ccc3ncnc(Nc4ccc(Oc5ccc6c(c5)ncn6C)c(C)c4)c3n2)C1. The van der Waals surface area contributed by atoms with Gasteiger partial charge in [-0.3, -0.25) is 4.79 Å². The average molecular weight is 518 g/mol. The van der Waals surface area contributed by atoms with Gasteiger partial charge in [0, 0.05) is 37.8 Å². The van der Waals surface area contributed by atoms with E-state index in [1.165, 1.54) is 12.4 Å². The van der Waals surface area contributed by atoms with Crippen LogP contribution in [0.25, 0.3) is 28.1 Å². The lowest BCUT2D eigenvalue weighted by Crippen LogP contribution is -2.48. The topological polar surface area (TPSA) is 98.1 Å². The molecule has 0 bridgehead atoms. The van der Waals surface area contributed by atoms with Crippen LogP contribution in [0.4, 0.5) is 11.5 Å². The first-order valence-corrected chi connectivity index (χ1v) is 12.6. The van der Waals surface area contributed by atoms with E-state index in [9.17, 15) is 4.79 Å². The highest BCUT2D eigenvalue weighted by Gasteiger charge is 2.26. The molecule has 0 atom stereocenters. The third kappa shape index (κ3) is 4.94. The van der Waals surface area contributed by atoms with E-state index < -0.39 is 0 Å². The van der Waals surface area contributed by atoms with Crippen molar-refractivity contribution in [3.63, 3.8) is 0 Å².